The fraction of sp³-hybridized carbons (Fsp3) is 0.867. The molecule has 3 N–H and O–H groups in total. The zero-order valence-corrected chi connectivity index (χ0v) is 12.2. The number of hydrogen-bond donors (Lipinski definition) is 2. The van der Waals surface area contributed by atoms with Crippen LogP contribution in [0.1, 0.15) is 53.9 Å². The molecule has 0 radical (unpaired) electrons. The highest BCUT2D eigenvalue weighted by atomic mass is 15.0. The zero-order chi connectivity index (χ0) is 13.1. The van der Waals surface area contributed by atoms with Crippen LogP contribution in [-0.2, 0) is 0 Å². The van der Waals surface area contributed by atoms with Crippen molar-refractivity contribution < 1.29 is 0 Å². The summed E-state index contributed by atoms with van der Waals surface area (Å²) in [5.74, 6) is 1.68. The highest BCUT2D eigenvalue weighted by molar-refractivity contribution is 5.06. The van der Waals surface area contributed by atoms with Crippen LogP contribution in [-0.4, -0.2) is 12.1 Å². The first-order chi connectivity index (χ1) is 7.92. The van der Waals surface area contributed by atoms with Gasteiger partial charge in [-0.25, -0.2) is 0 Å². The molecule has 1 aliphatic carbocycles. The fourth-order valence-corrected chi connectivity index (χ4v) is 2.75. The third kappa shape index (κ3) is 3.04. The summed E-state index contributed by atoms with van der Waals surface area (Å²) >= 11 is 0. The smallest absolute Gasteiger partial charge is 0.0425 e. The molecule has 100 valence electrons. The molecular formula is C15H30N2. The summed E-state index contributed by atoms with van der Waals surface area (Å²) in [5, 5.41) is 3.66. The van der Waals surface area contributed by atoms with Gasteiger partial charge in [0.1, 0.15) is 0 Å². The minimum atomic E-state index is 0.121. The van der Waals surface area contributed by atoms with Crippen molar-refractivity contribution in [1.29, 1.82) is 0 Å². The van der Waals surface area contributed by atoms with E-state index in [0.29, 0.717) is 0 Å². The number of nitrogens with one attached hydrogen (secondary N) is 1. The average molecular weight is 238 g/mol. The van der Waals surface area contributed by atoms with Crippen LogP contribution < -0.4 is 11.1 Å². The second-order valence-electron chi connectivity index (χ2n) is 6.26. The molecule has 1 saturated carbocycles. The Kier molecular flexibility index (Phi) is 4.65. The maximum atomic E-state index is 5.95. The summed E-state index contributed by atoms with van der Waals surface area (Å²) in [6.45, 7) is 12.1. The van der Waals surface area contributed by atoms with Crippen molar-refractivity contribution in [2.75, 3.05) is 6.54 Å². The fourth-order valence-electron chi connectivity index (χ4n) is 2.75. The molecule has 2 heteroatoms. The zero-order valence-electron chi connectivity index (χ0n) is 12.2. The molecule has 1 aliphatic rings. The monoisotopic (exact) mass is 238 g/mol. The second-order valence-corrected chi connectivity index (χ2v) is 6.26. The summed E-state index contributed by atoms with van der Waals surface area (Å²) in [6, 6.07) is 0. The molecule has 0 bridgehead atoms. The maximum absolute atomic E-state index is 5.95. The molecule has 0 spiro atoms. The van der Waals surface area contributed by atoms with Gasteiger partial charge >= 0.3 is 0 Å². The van der Waals surface area contributed by atoms with Crippen LogP contribution in [0.15, 0.2) is 12.3 Å². The lowest BCUT2D eigenvalue weighted by atomic mass is 9.69. The molecule has 0 aliphatic heterocycles. The van der Waals surface area contributed by atoms with E-state index in [9.17, 15) is 0 Å². The minimum absolute atomic E-state index is 0.121. The van der Waals surface area contributed by atoms with Gasteiger partial charge < -0.3 is 11.1 Å². The third-order valence-corrected chi connectivity index (χ3v) is 4.89. The van der Waals surface area contributed by atoms with Crippen LogP contribution in [0.5, 0.6) is 0 Å². The predicted octanol–water partition coefficient (Wildman–Crippen LogP) is 3.29. The molecule has 0 aromatic heterocycles. The third-order valence-electron chi connectivity index (χ3n) is 4.89. The van der Waals surface area contributed by atoms with E-state index < -0.39 is 0 Å². The van der Waals surface area contributed by atoms with Gasteiger partial charge in [-0.2, -0.15) is 0 Å². The van der Waals surface area contributed by atoms with Gasteiger partial charge in [-0.05, 0) is 49.3 Å². The van der Waals surface area contributed by atoms with Crippen molar-refractivity contribution in [3.63, 3.8) is 0 Å². The number of allylic oxidation sites excluding steroid dienone is 1. The molecule has 0 amide bonds. The molecule has 1 fully saturated rings. The molecule has 1 rings (SSSR count). The molecule has 17 heavy (non-hydrogen) atoms. The first-order valence-corrected chi connectivity index (χ1v) is 7.07. The SMILES string of the molecule is CCC(CC)(N/C=C\[C@H]1C[C@@H]1C)C(C)(C)CN. The van der Waals surface area contributed by atoms with E-state index in [4.69, 9.17) is 5.73 Å². The molecular weight excluding hydrogens is 208 g/mol. The number of hydrogen-bond acceptors (Lipinski definition) is 2. The predicted molar refractivity (Wildman–Crippen MR) is 75.7 cm³/mol. The second kappa shape index (κ2) is 5.43. The van der Waals surface area contributed by atoms with Gasteiger partial charge in [-0.15, -0.1) is 0 Å². The van der Waals surface area contributed by atoms with Crippen molar-refractivity contribution in [2.45, 2.75) is 59.4 Å². The standard InChI is InChI=1S/C15H30N2/c1-6-15(7-2,14(4,5)11-16)17-9-8-13-10-12(13)3/h8-9,12-13,17H,6-7,10-11,16H2,1-5H3/b9-8-/t12-,13-/m0/s1. The summed E-state index contributed by atoms with van der Waals surface area (Å²) in [6.07, 6.45) is 8.08. The first-order valence-electron chi connectivity index (χ1n) is 7.07. The molecule has 0 saturated heterocycles. The molecule has 0 heterocycles. The lowest BCUT2D eigenvalue weighted by Crippen LogP contribution is -2.56. The van der Waals surface area contributed by atoms with Crippen LogP contribution in [0.3, 0.4) is 0 Å². The molecule has 2 atom stereocenters. The van der Waals surface area contributed by atoms with Crippen LogP contribution in [0.4, 0.5) is 0 Å². The van der Waals surface area contributed by atoms with Gasteiger partial charge in [-0.1, -0.05) is 40.7 Å². The summed E-state index contributed by atoms with van der Waals surface area (Å²) in [7, 11) is 0. The Morgan fingerprint density at radius 3 is 2.18 bits per heavy atom. The van der Waals surface area contributed by atoms with Gasteiger partial charge in [0.05, 0.1) is 0 Å². The largest absolute Gasteiger partial charge is 0.385 e. The van der Waals surface area contributed by atoms with E-state index in [1.807, 2.05) is 0 Å². The molecule has 0 unspecified atom stereocenters. The Hall–Kier alpha value is -0.500. The molecule has 0 aromatic carbocycles. The van der Waals surface area contributed by atoms with E-state index >= 15 is 0 Å². The summed E-state index contributed by atoms with van der Waals surface area (Å²) < 4.78 is 0. The maximum Gasteiger partial charge on any atom is 0.0425 e. The van der Waals surface area contributed by atoms with Crippen LogP contribution >= 0.6 is 0 Å². The minimum Gasteiger partial charge on any atom is -0.385 e. The van der Waals surface area contributed by atoms with Crippen molar-refractivity contribution in [2.24, 2.45) is 23.0 Å². The van der Waals surface area contributed by atoms with Gasteiger partial charge in [0.15, 0.2) is 0 Å². The van der Waals surface area contributed by atoms with Crippen LogP contribution in [0, 0.1) is 17.3 Å². The van der Waals surface area contributed by atoms with Gasteiger partial charge in [0.2, 0.25) is 0 Å². The van der Waals surface area contributed by atoms with E-state index in [0.717, 1.165) is 31.2 Å². The first kappa shape index (κ1) is 14.6. The van der Waals surface area contributed by atoms with Gasteiger partial charge in [0.25, 0.3) is 0 Å². The van der Waals surface area contributed by atoms with Crippen molar-refractivity contribution in [1.82, 2.24) is 5.32 Å². The van der Waals surface area contributed by atoms with E-state index in [1.54, 1.807) is 0 Å². The Balaban J connectivity index is 2.67. The number of rotatable bonds is 7. The average Bonchev–Trinajstić information content (AvgIpc) is 3.01. The van der Waals surface area contributed by atoms with Gasteiger partial charge in [-0.3, -0.25) is 0 Å². The van der Waals surface area contributed by atoms with Crippen molar-refractivity contribution >= 4 is 0 Å². The van der Waals surface area contributed by atoms with Gasteiger partial charge in [0, 0.05) is 5.54 Å². The highest BCUT2D eigenvalue weighted by Gasteiger charge is 2.40. The molecule has 2 nitrogen and oxygen atoms in total. The van der Waals surface area contributed by atoms with Crippen molar-refractivity contribution in [3.8, 4) is 0 Å². The van der Waals surface area contributed by atoms with E-state index in [-0.39, 0.29) is 11.0 Å². The summed E-state index contributed by atoms with van der Waals surface area (Å²) in [5.41, 5.74) is 6.19. The van der Waals surface area contributed by atoms with E-state index in [2.05, 4.69) is 52.2 Å². The normalized spacial score (nSPS) is 25.3. The topological polar surface area (TPSA) is 38.0 Å². The summed E-state index contributed by atoms with van der Waals surface area (Å²) in [4.78, 5) is 0. The Labute approximate surface area is 107 Å². The van der Waals surface area contributed by atoms with E-state index in [1.165, 1.54) is 6.42 Å². The Bertz CT molecular complexity index is 264. The Morgan fingerprint density at radius 2 is 1.82 bits per heavy atom. The Morgan fingerprint density at radius 1 is 1.29 bits per heavy atom. The number of nitrogens with two attached hydrogens (primary N) is 1. The highest BCUT2D eigenvalue weighted by Crippen LogP contribution is 2.39. The van der Waals surface area contributed by atoms with Crippen LogP contribution in [0.2, 0.25) is 0 Å². The lowest BCUT2D eigenvalue weighted by molar-refractivity contribution is 0.130. The quantitative estimate of drug-likeness (QED) is 0.714. The molecule has 0 aromatic rings. The van der Waals surface area contributed by atoms with Crippen LogP contribution in [0.25, 0.3) is 0 Å². The van der Waals surface area contributed by atoms with Crippen molar-refractivity contribution in [3.05, 3.63) is 12.3 Å². The lowest BCUT2D eigenvalue weighted by Gasteiger charge is -2.46.